The van der Waals surface area contributed by atoms with Crippen molar-refractivity contribution in [3.05, 3.63) is 0 Å². The Hall–Kier alpha value is 0.310. The summed E-state index contributed by atoms with van der Waals surface area (Å²) in [5.41, 5.74) is 0. The first kappa shape index (κ1) is 10.3. The summed E-state index contributed by atoms with van der Waals surface area (Å²) in [5.74, 6) is 1.28. The summed E-state index contributed by atoms with van der Waals surface area (Å²) in [6.07, 6.45) is 1.25. The maximum atomic E-state index is 3.38. The van der Waals surface area contributed by atoms with Crippen molar-refractivity contribution in [2.24, 2.45) is 0 Å². The Morgan fingerprint density at radius 2 is 1.90 bits per heavy atom. The summed E-state index contributed by atoms with van der Waals surface area (Å²) in [6, 6.07) is 0.736. The van der Waals surface area contributed by atoms with E-state index < -0.39 is 0 Å². The molecule has 62 valence electrons. The van der Waals surface area contributed by atoms with Crippen LogP contribution in [-0.4, -0.2) is 17.2 Å². The lowest BCUT2D eigenvalue weighted by Crippen LogP contribution is -2.24. The van der Waals surface area contributed by atoms with E-state index >= 15 is 0 Å². The fourth-order valence-corrected chi connectivity index (χ4v) is 1.79. The normalized spacial score (nSPS) is 31.2. The van der Waals surface area contributed by atoms with Crippen molar-refractivity contribution < 1.29 is 0 Å². The standard InChI is InChI=1S/C5H11NS.C3H8/c1-4-3-7-5(2)6-4;1-3-2/h4-6H,3H2,1-2H3;3H2,1-2H3. The molecule has 1 saturated heterocycles. The number of thioether (sulfide) groups is 1. The molecule has 0 spiro atoms. The van der Waals surface area contributed by atoms with E-state index in [9.17, 15) is 0 Å². The van der Waals surface area contributed by atoms with E-state index in [4.69, 9.17) is 0 Å². The predicted molar refractivity (Wildman–Crippen MR) is 50.5 cm³/mol. The average molecular weight is 161 g/mol. The van der Waals surface area contributed by atoms with Crippen LogP contribution >= 0.6 is 11.8 Å². The summed E-state index contributed by atoms with van der Waals surface area (Å²) in [4.78, 5) is 0. The van der Waals surface area contributed by atoms with E-state index in [1.807, 2.05) is 11.8 Å². The fraction of sp³-hybridized carbons (Fsp3) is 1.00. The molecule has 1 nitrogen and oxygen atoms in total. The van der Waals surface area contributed by atoms with E-state index in [0.29, 0.717) is 5.37 Å². The van der Waals surface area contributed by atoms with E-state index in [1.54, 1.807) is 0 Å². The minimum Gasteiger partial charge on any atom is -0.302 e. The van der Waals surface area contributed by atoms with E-state index in [-0.39, 0.29) is 0 Å². The molecule has 0 aromatic rings. The molecular weight excluding hydrogens is 142 g/mol. The molecule has 2 atom stereocenters. The molecule has 1 aliphatic heterocycles. The van der Waals surface area contributed by atoms with Crippen LogP contribution in [0.25, 0.3) is 0 Å². The zero-order chi connectivity index (χ0) is 7.98. The lowest BCUT2D eigenvalue weighted by atomic mass is 10.4. The molecular formula is C8H19NS. The third-order valence-corrected chi connectivity index (χ3v) is 2.44. The van der Waals surface area contributed by atoms with Crippen LogP contribution in [0.4, 0.5) is 0 Å². The lowest BCUT2D eigenvalue weighted by Gasteiger charge is -2.00. The number of hydrogen-bond acceptors (Lipinski definition) is 2. The Morgan fingerprint density at radius 3 is 2.00 bits per heavy atom. The number of nitrogens with one attached hydrogen (secondary N) is 1. The molecule has 0 bridgehead atoms. The first-order chi connectivity index (χ1) is 4.70. The van der Waals surface area contributed by atoms with Crippen LogP contribution in [0.1, 0.15) is 34.1 Å². The molecule has 2 unspecified atom stereocenters. The molecule has 0 saturated carbocycles. The highest BCUT2D eigenvalue weighted by Gasteiger charge is 2.14. The molecule has 1 heterocycles. The number of hydrogen-bond donors (Lipinski definition) is 1. The maximum Gasteiger partial charge on any atom is 0.0506 e. The van der Waals surface area contributed by atoms with Gasteiger partial charge in [-0.1, -0.05) is 20.3 Å². The average Bonchev–Trinajstić information content (AvgIpc) is 2.17. The van der Waals surface area contributed by atoms with Crippen LogP contribution in [0.5, 0.6) is 0 Å². The topological polar surface area (TPSA) is 12.0 Å². The second-order valence-corrected chi connectivity index (χ2v) is 4.12. The van der Waals surface area contributed by atoms with Gasteiger partial charge < -0.3 is 5.32 Å². The first-order valence-electron chi connectivity index (χ1n) is 4.08. The van der Waals surface area contributed by atoms with Gasteiger partial charge in [-0.15, -0.1) is 11.8 Å². The Morgan fingerprint density at radius 1 is 1.40 bits per heavy atom. The highest BCUT2D eigenvalue weighted by atomic mass is 32.2. The van der Waals surface area contributed by atoms with Gasteiger partial charge in [-0.05, 0) is 13.8 Å². The van der Waals surface area contributed by atoms with Crippen LogP contribution in [0.2, 0.25) is 0 Å². The quantitative estimate of drug-likeness (QED) is 0.586. The van der Waals surface area contributed by atoms with Crippen molar-refractivity contribution in [1.29, 1.82) is 0 Å². The van der Waals surface area contributed by atoms with Crippen LogP contribution in [-0.2, 0) is 0 Å². The van der Waals surface area contributed by atoms with Gasteiger partial charge in [0, 0.05) is 11.8 Å². The van der Waals surface area contributed by atoms with Crippen molar-refractivity contribution in [2.45, 2.75) is 45.5 Å². The highest BCUT2D eigenvalue weighted by molar-refractivity contribution is 8.00. The van der Waals surface area contributed by atoms with Gasteiger partial charge in [0.15, 0.2) is 0 Å². The Bertz CT molecular complexity index is 67.7. The summed E-state index contributed by atoms with van der Waals surface area (Å²) in [6.45, 7) is 8.67. The smallest absolute Gasteiger partial charge is 0.0506 e. The van der Waals surface area contributed by atoms with Gasteiger partial charge in [0.1, 0.15) is 0 Å². The van der Waals surface area contributed by atoms with Gasteiger partial charge >= 0.3 is 0 Å². The zero-order valence-electron chi connectivity index (χ0n) is 7.48. The lowest BCUT2D eigenvalue weighted by molar-refractivity contribution is 0.626. The summed E-state index contributed by atoms with van der Waals surface area (Å²) < 4.78 is 0. The Labute approximate surface area is 69.0 Å². The Balaban J connectivity index is 0.000000236. The number of rotatable bonds is 0. The van der Waals surface area contributed by atoms with Crippen LogP contribution < -0.4 is 5.32 Å². The monoisotopic (exact) mass is 161 g/mol. The van der Waals surface area contributed by atoms with Crippen LogP contribution in [0.15, 0.2) is 0 Å². The van der Waals surface area contributed by atoms with Crippen LogP contribution in [0, 0.1) is 0 Å². The summed E-state index contributed by atoms with van der Waals surface area (Å²) in [5, 5.41) is 4.07. The largest absolute Gasteiger partial charge is 0.302 e. The molecule has 0 amide bonds. The van der Waals surface area contributed by atoms with Gasteiger partial charge in [-0.25, -0.2) is 0 Å². The Kier molecular flexibility index (Phi) is 6.24. The second kappa shape index (κ2) is 6.05. The van der Waals surface area contributed by atoms with E-state index in [2.05, 4.69) is 33.0 Å². The second-order valence-electron chi connectivity index (χ2n) is 2.75. The van der Waals surface area contributed by atoms with Crippen LogP contribution in [0.3, 0.4) is 0 Å². The summed E-state index contributed by atoms with van der Waals surface area (Å²) >= 11 is 1.99. The molecule has 10 heavy (non-hydrogen) atoms. The van der Waals surface area contributed by atoms with Crippen molar-refractivity contribution in [3.63, 3.8) is 0 Å². The third-order valence-electron chi connectivity index (χ3n) is 1.12. The molecule has 0 aromatic heterocycles. The minimum atomic E-state index is 0.690. The third kappa shape index (κ3) is 5.12. The van der Waals surface area contributed by atoms with Gasteiger partial charge in [-0.2, -0.15) is 0 Å². The molecule has 0 aliphatic carbocycles. The molecule has 1 N–H and O–H groups in total. The van der Waals surface area contributed by atoms with Gasteiger partial charge in [0.05, 0.1) is 5.37 Å². The van der Waals surface area contributed by atoms with Crippen molar-refractivity contribution in [1.82, 2.24) is 5.32 Å². The van der Waals surface area contributed by atoms with E-state index in [1.165, 1.54) is 12.2 Å². The molecule has 1 aliphatic rings. The van der Waals surface area contributed by atoms with E-state index in [0.717, 1.165) is 6.04 Å². The zero-order valence-corrected chi connectivity index (χ0v) is 8.29. The molecule has 1 fully saturated rings. The molecule has 1 rings (SSSR count). The van der Waals surface area contributed by atoms with Crippen molar-refractivity contribution in [2.75, 3.05) is 5.75 Å². The van der Waals surface area contributed by atoms with Gasteiger partial charge in [0.2, 0.25) is 0 Å². The van der Waals surface area contributed by atoms with Gasteiger partial charge in [0.25, 0.3) is 0 Å². The minimum absolute atomic E-state index is 0.690. The SMILES string of the molecule is CC1CSC(C)N1.CCC. The van der Waals surface area contributed by atoms with Crippen molar-refractivity contribution >= 4 is 11.8 Å². The molecule has 0 radical (unpaired) electrons. The molecule has 0 aromatic carbocycles. The fourth-order valence-electron chi connectivity index (χ4n) is 0.786. The summed E-state index contributed by atoms with van der Waals surface area (Å²) in [7, 11) is 0. The molecule has 2 heteroatoms. The maximum absolute atomic E-state index is 3.38. The van der Waals surface area contributed by atoms with Crippen molar-refractivity contribution in [3.8, 4) is 0 Å². The highest BCUT2D eigenvalue weighted by Crippen LogP contribution is 2.16. The predicted octanol–water partition coefficient (Wildman–Crippen LogP) is 2.47. The first-order valence-corrected chi connectivity index (χ1v) is 5.13. The van der Waals surface area contributed by atoms with Gasteiger partial charge in [-0.3, -0.25) is 0 Å².